The van der Waals surface area contributed by atoms with Gasteiger partial charge in [0.15, 0.2) is 0 Å². The van der Waals surface area contributed by atoms with Gasteiger partial charge >= 0.3 is 0 Å². The first-order valence-electron chi connectivity index (χ1n) is 8.70. The van der Waals surface area contributed by atoms with Crippen LogP contribution in [0, 0.1) is 0 Å². The number of hydrogen-bond acceptors (Lipinski definition) is 3. The van der Waals surface area contributed by atoms with Gasteiger partial charge in [0.2, 0.25) is 5.91 Å². The molecule has 1 amide bonds. The lowest BCUT2D eigenvalue weighted by atomic mass is 10.0. The van der Waals surface area contributed by atoms with Crippen molar-refractivity contribution in [3.8, 4) is 0 Å². The third kappa shape index (κ3) is 4.45. The van der Waals surface area contributed by atoms with Crippen molar-refractivity contribution in [3.63, 3.8) is 0 Å². The molecular formula is C21H24N2OS. The number of carbonyl (C=O) groups is 1. The van der Waals surface area contributed by atoms with Crippen molar-refractivity contribution in [1.82, 2.24) is 9.88 Å². The van der Waals surface area contributed by atoms with Crippen molar-refractivity contribution in [1.29, 1.82) is 0 Å². The summed E-state index contributed by atoms with van der Waals surface area (Å²) in [6.07, 6.45) is 1.31. The lowest BCUT2D eigenvalue weighted by molar-refractivity contribution is -0.130. The van der Waals surface area contributed by atoms with Crippen molar-refractivity contribution >= 4 is 27.5 Å². The van der Waals surface area contributed by atoms with Gasteiger partial charge in [-0.05, 0) is 35.6 Å². The fraction of sp³-hybridized carbons (Fsp3) is 0.333. The first-order valence-corrected chi connectivity index (χ1v) is 9.52. The van der Waals surface area contributed by atoms with Crippen LogP contribution in [0.5, 0.6) is 0 Å². The van der Waals surface area contributed by atoms with E-state index in [1.807, 2.05) is 25.2 Å². The molecule has 0 aliphatic rings. The molecular weight excluding hydrogens is 328 g/mol. The molecule has 0 spiro atoms. The van der Waals surface area contributed by atoms with Crippen LogP contribution < -0.4 is 0 Å². The quantitative estimate of drug-likeness (QED) is 0.625. The second-order valence-corrected chi connectivity index (χ2v) is 7.84. The Kier molecular flexibility index (Phi) is 5.49. The molecule has 0 saturated carbocycles. The summed E-state index contributed by atoms with van der Waals surface area (Å²) in [4.78, 5) is 18.8. The highest BCUT2D eigenvalue weighted by Gasteiger charge is 2.12. The molecule has 0 unspecified atom stereocenters. The number of carbonyl (C=O) groups excluding carboxylic acids is 1. The number of nitrogens with zero attached hydrogens (tertiary/aromatic N) is 2. The fourth-order valence-corrected chi connectivity index (χ4v) is 3.81. The molecule has 1 heterocycles. The Bertz CT molecular complexity index is 819. The zero-order valence-corrected chi connectivity index (χ0v) is 15.8. The van der Waals surface area contributed by atoms with E-state index in [1.165, 1.54) is 15.8 Å². The van der Waals surface area contributed by atoms with Crippen molar-refractivity contribution in [2.75, 3.05) is 7.05 Å². The minimum absolute atomic E-state index is 0.159. The van der Waals surface area contributed by atoms with Gasteiger partial charge in [-0.15, -0.1) is 11.3 Å². The Morgan fingerprint density at radius 3 is 2.52 bits per heavy atom. The fourth-order valence-electron chi connectivity index (χ4n) is 2.79. The number of benzene rings is 2. The summed E-state index contributed by atoms with van der Waals surface area (Å²) in [6.45, 7) is 4.95. The van der Waals surface area contributed by atoms with E-state index >= 15 is 0 Å². The van der Waals surface area contributed by atoms with E-state index < -0.39 is 0 Å². The van der Waals surface area contributed by atoms with Crippen LogP contribution in [0.1, 0.15) is 42.3 Å². The van der Waals surface area contributed by atoms with Gasteiger partial charge in [-0.1, -0.05) is 50.2 Å². The van der Waals surface area contributed by atoms with E-state index in [4.69, 9.17) is 0 Å². The lowest BCUT2D eigenvalue weighted by Crippen LogP contribution is -2.26. The number of rotatable bonds is 6. The lowest BCUT2D eigenvalue weighted by Gasteiger charge is -2.15. The van der Waals surface area contributed by atoms with E-state index in [0.717, 1.165) is 16.9 Å². The van der Waals surface area contributed by atoms with Crippen LogP contribution >= 0.6 is 11.3 Å². The van der Waals surface area contributed by atoms with Gasteiger partial charge in [-0.25, -0.2) is 4.98 Å². The zero-order valence-electron chi connectivity index (χ0n) is 15.0. The number of amides is 1. The van der Waals surface area contributed by atoms with Crippen LogP contribution in [-0.2, 0) is 17.8 Å². The molecule has 0 aliphatic carbocycles. The molecule has 2 aromatic carbocycles. The Morgan fingerprint density at radius 1 is 1.12 bits per heavy atom. The topological polar surface area (TPSA) is 33.2 Å². The van der Waals surface area contributed by atoms with E-state index in [0.29, 0.717) is 18.9 Å². The van der Waals surface area contributed by atoms with E-state index in [9.17, 15) is 4.79 Å². The highest BCUT2D eigenvalue weighted by atomic mass is 32.1. The Balaban J connectivity index is 1.55. The second-order valence-electron chi connectivity index (χ2n) is 6.72. The van der Waals surface area contributed by atoms with E-state index in [-0.39, 0.29) is 5.91 Å². The van der Waals surface area contributed by atoms with Gasteiger partial charge in [-0.2, -0.15) is 0 Å². The van der Waals surface area contributed by atoms with Crippen LogP contribution in [0.4, 0.5) is 0 Å². The summed E-state index contributed by atoms with van der Waals surface area (Å²) in [5.74, 6) is 0.697. The summed E-state index contributed by atoms with van der Waals surface area (Å²) in [6, 6.07) is 16.7. The van der Waals surface area contributed by atoms with Crippen LogP contribution in [-0.4, -0.2) is 22.8 Å². The minimum Gasteiger partial charge on any atom is -0.339 e. The van der Waals surface area contributed by atoms with Gasteiger partial charge in [0, 0.05) is 13.5 Å². The first kappa shape index (κ1) is 17.6. The molecule has 4 heteroatoms. The third-order valence-corrected chi connectivity index (χ3v) is 5.43. The zero-order chi connectivity index (χ0) is 17.8. The van der Waals surface area contributed by atoms with E-state index in [2.05, 4.69) is 49.2 Å². The maximum Gasteiger partial charge on any atom is 0.223 e. The van der Waals surface area contributed by atoms with Crippen LogP contribution in [0.2, 0.25) is 0 Å². The highest BCUT2D eigenvalue weighted by Crippen LogP contribution is 2.22. The van der Waals surface area contributed by atoms with Crippen molar-refractivity contribution in [2.45, 2.75) is 39.2 Å². The molecule has 0 radical (unpaired) electrons. The largest absolute Gasteiger partial charge is 0.339 e. The molecule has 1 aromatic heterocycles. The van der Waals surface area contributed by atoms with Gasteiger partial charge in [0.1, 0.15) is 5.01 Å². The van der Waals surface area contributed by atoms with Gasteiger partial charge in [-0.3, -0.25) is 4.79 Å². The number of thiazole rings is 1. The van der Waals surface area contributed by atoms with Crippen molar-refractivity contribution in [3.05, 3.63) is 64.7 Å². The molecule has 0 atom stereocenters. The summed E-state index contributed by atoms with van der Waals surface area (Å²) < 4.78 is 1.17. The number of aromatic nitrogens is 1. The second kappa shape index (κ2) is 7.79. The minimum atomic E-state index is 0.159. The monoisotopic (exact) mass is 352 g/mol. The average molecular weight is 353 g/mol. The summed E-state index contributed by atoms with van der Waals surface area (Å²) in [5, 5.41) is 0.985. The normalized spacial score (nSPS) is 11.2. The molecule has 3 aromatic rings. The van der Waals surface area contributed by atoms with Gasteiger partial charge in [0.05, 0.1) is 16.8 Å². The molecule has 0 aliphatic heterocycles. The molecule has 0 bridgehead atoms. The van der Waals surface area contributed by atoms with Crippen molar-refractivity contribution in [2.24, 2.45) is 0 Å². The molecule has 130 valence electrons. The number of para-hydroxylation sites is 1. The molecule has 3 rings (SSSR count). The number of aryl methyl sites for hydroxylation is 1. The molecule has 25 heavy (non-hydrogen) atoms. The van der Waals surface area contributed by atoms with Gasteiger partial charge in [0.25, 0.3) is 0 Å². The first-order chi connectivity index (χ1) is 12.0. The van der Waals surface area contributed by atoms with Crippen LogP contribution in [0.25, 0.3) is 10.2 Å². The summed E-state index contributed by atoms with van der Waals surface area (Å²) in [7, 11) is 1.86. The maximum atomic E-state index is 12.4. The Hall–Kier alpha value is -2.20. The Morgan fingerprint density at radius 2 is 1.84 bits per heavy atom. The number of hydrogen-bond donors (Lipinski definition) is 0. The molecule has 3 nitrogen and oxygen atoms in total. The smallest absolute Gasteiger partial charge is 0.223 e. The van der Waals surface area contributed by atoms with E-state index in [1.54, 1.807) is 16.2 Å². The SMILES string of the molecule is CC(C)c1ccc(CCC(=O)N(C)Cc2nc3ccccc3s2)cc1. The summed E-state index contributed by atoms with van der Waals surface area (Å²) in [5.41, 5.74) is 3.56. The molecule has 0 fully saturated rings. The third-order valence-electron chi connectivity index (χ3n) is 4.41. The molecule has 0 N–H and O–H groups in total. The number of fused-ring (bicyclic) bond motifs is 1. The maximum absolute atomic E-state index is 12.4. The van der Waals surface area contributed by atoms with Crippen LogP contribution in [0.15, 0.2) is 48.5 Å². The predicted molar refractivity (Wildman–Crippen MR) is 105 cm³/mol. The highest BCUT2D eigenvalue weighted by molar-refractivity contribution is 7.18. The Labute approximate surface area is 153 Å². The predicted octanol–water partition coefficient (Wildman–Crippen LogP) is 5.01. The van der Waals surface area contributed by atoms with Crippen LogP contribution in [0.3, 0.4) is 0 Å². The van der Waals surface area contributed by atoms with Gasteiger partial charge < -0.3 is 4.90 Å². The standard InChI is InChI=1S/C21H24N2OS/c1-15(2)17-11-8-16(9-12-17)10-13-21(24)23(3)14-20-22-18-6-4-5-7-19(18)25-20/h4-9,11-12,15H,10,13-14H2,1-3H3. The average Bonchev–Trinajstić information content (AvgIpc) is 3.02. The molecule has 0 saturated heterocycles. The van der Waals surface area contributed by atoms with Crippen molar-refractivity contribution < 1.29 is 4.79 Å². The summed E-state index contributed by atoms with van der Waals surface area (Å²) >= 11 is 1.66.